The Morgan fingerprint density at radius 1 is 1.53 bits per heavy atom. The summed E-state index contributed by atoms with van der Waals surface area (Å²) in [5.74, 6) is -0.000626. The van der Waals surface area contributed by atoms with E-state index in [1.807, 2.05) is 0 Å². The lowest BCUT2D eigenvalue weighted by atomic mass is 9.93. The number of hydrogen-bond acceptors (Lipinski definition) is 3. The molecule has 0 atom stereocenters. The number of aromatic hydroxyl groups is 1. The highest BCUT2D eigenvalue weighted by atomic mass is 16.3. The maximum Gasteiger partial charge on any atom is 0.253 e. The van der Waals surface area contributed by atoms with Crippen molar-refractivity contribution in [2.45, 2.75) is 25.3 Å². The Kier molecular flexibility index (Phi) is 1.62. The third-order valence-electron chi connectivity index (χ3n) is 3.00. The van der Waals surface area contributed by atoms with Crippen LogP contribution in [0, 0.1) is 0 Å². The molecule has 5 heteroatoms. The first-order valence-electron chi connectivity index (χ1n) is 5.05. The summed E-state index contributed by atoms with van der Waals surface area (Å²) in [6.45, 7) is 0. The number of hydrogen-bond donors (Lipinski definition) is 2. The van der Waals surface area contributed by atoms with Crippen molar-refractivity contribution in [1.29, 1.82) is 0 Å². The van der Waals surface area contributed by atoms with Gasteiger partial charge in [0.15, 0.2) is 0 Å². The first-order valence-corrected chi connectivity index (χ1v) is 5.05. The van der Waals surface area contributed by atoms with Crippen LogP contribution >= 0.6 is 0 Å². The van der Waals surface area contributed by atoms with E-state index in [9.17, 15) is 9.90 Å². The molecular weight excluding hydrogens is 194 g/mol. The van der Waals surface area contributed by atoms with E-state index in [1.54, 1.807) is 10.9 Å². The van der Waals surface area contributed by atoms with Gasteiger partial charge >= 0.3 is 0 Å². The molecular formula is C10H11N3O2. The number of aromatic nitrogens is 3. The van der Waals surface area contributed by atoms with Gasteiger partial charge in [-0.2, -0.15) is 5.10 Å². The van der Waals surface area contributed by atoms with Crippen LogP contribution in [0.3, 0.4) is 0 Å². The molecule has 2 heterocycles. The zero-order valence-electron chi connectivity index (χ0n) is 8.10. The van der Waals surface area contributed by atoms with Crippen LogP contribution in [0.1, 0.15) is 25.3 Å². The van der Waals surface area contributed by atoms with Crippen molar-refractivity contribution in [3.8, 4) is 5.75 Å². The third kappa shape index (κ3) is 1.16. The van der Waals surface area contributed by atoms with E-state index < -0.39 is 0 Å². The van der Waals surface area contributed by atoms with Crippen LogP contribution in [0.4, 0.5) is 0 Å². The van der Waals surface area contributed by atoms with Crippen LogP contribution in [0.25, 0.3) is 11.0 Å². The molecule has 0 saturated heterocycles. The van der Waals surface area contributed by atoms with Crippen molar-refractivity contribution in [2.24, 2.45) is 0 Å². The Hall–Kier alpha value is -1.78. The summed E-state index contributed by atoms with van der Waals surface area (Å²) in [6, 6.07) is 1.55. The Labute approximate surface area is 85.3 Å². The molecule has 1 fully saturated rings. The lowest BCUT2D eigenvalue weighted by molar-refractivity contribution is 0.296. The van der Waals surface area contributed by atoms with E-state index in [0.29, 0.717) is 17.1 Å². The second kappa shape index (κ2) is 2.85. The number of H-pyrrole nitrogens is 1. The van der Waals surface area contributed by atoms with Crippen LogP contribution in [0.5, 0.6) is 5.75 Å². The fourth-order valence-corrected chi connectivity index (χ4v) is 1.94. The minimum absolute atomic E-state index is 0.000626. The SMILES string of the molecule is O=c1cc(O)c2cnn(C3CCC3)c2[nH]1. The molecule has 1 aliphatic carbocycles. The molecule has 0 aliphatic heterocycles. The molecule has 0 amide bonds. The van der Waals surface area contributed by atoms with Crippen molar-refractivity contribution < 1.29 is 5.11 Å². The van der Waals surface area contributed by atoms with Crippen molar-refractivity contribution >= 4 is 11.0 Å². The number of rotatable bonds is 1. The maximum atomic E-state index is 11.2. The van der Waals surface area contributed by atoms with E-state index in [1.165, 1.54) is 12.5 Å². The van der Waals surface area contributed by atoms with E-state index in [2.05, 4.69) is 10.1 Å². The predicted octanol–water partition coefficient (Wildman–Crippen LogP) is 1.16. The lowest BCUT2D eigenvalue weighted by Crippen LogP contribution is -2.19. The Morgan fingerprint density at radius 2 is 2.33 bits per heavy atom. The molecule has 15 heavy (non-hydrogen) atoms. The van der Waals surface area contributed by atoms with Crippen molar-refractivity contribution in [3.63, 3.8) is 0 Å². The van der Waals surface area contributed by atoms with Crippen LogP contribution in [0.15, 0.2) is 17.1 Å². The largest absolute Gasteiger partial charge is 0.507 e. The van der Waals surface area contributed by atoms with Crippen LogP contribution in [0.2, 0.25) is 0 Å². The molecule has 0 bridgehead atoms. The summed E-state index contributed by atoms with van der Waals surface area (Å²) >= 11 is 0. The molecule has 2 aromatic heterocycles. The van der Waals surface area contributed by atoms with Crippen LogP contribution in [-0.2, 0) is 0 Å². The summed E-state index contributed by atoms with van der Waals surface area (Å²) in [5, 5.41) is 14.4. The van der Waals surface area contributed by atoms with Gasteiger partial charge in [0.25, 0.3) is 5.56 Å². The number of aromatic amines is 1. The second-order valence-corrected chi connectivity index (χ2v) is 3.95. The molecule has 0 radical (unpaired) electrons. The van der Waals surface area contributed by atoms with Gasteiger partial charge in [0.05, 0.1) is 17.6 Å². The zero-order chi connectivity index (χ0) is 10.4. The predicted molar refractivity (Wildman–Crippen MR) is 54.9 cm³/mol. The van der Waals surface area contributed by atoms with E-state index >= 15 is 0 Å². The summed E-state index contributed by atoms with van der Waals surface area (Å²) < 4.78 is 1.81. The molecule has 0 aromatic carbocycles. The Balaban J connectivity index is 2.27. The smallest absolute Gasteiger partial charge is 0.253 e. The van der Waals surface area contributed by atoms with Gasteiger partial charge in [0.2, 0.25) is 0 Å². The fourth-order valence-electron chi connectivity index (χ4n) is 1.94. The van der Waals surface area contributed by atoms with Gasteiger partial charge in [-0.25, -0.2) is 4.68 Å². The van der Waals surface area contributed by atoms with Crippen molar-refractivity contribution in [2.75, 3.05) is 0 Å². The summed E-state index contributed by atoms with van der Waals surface area (Å²) in [7, 11) is 0. The average Bonchev–Trinajstić information content (AvgIpc) is 2.46. The first-order chi connectivity index (χ1) is 7.25. The number of nitrogens with zero attached hydrogens (tertiary/aromatic N) is 2. The zero-order valence-corrected chi connectivity index (χ0v) is 8.10. The fraction of sp³-hybridized carbons (Fsp3) is 0.400. The molecule has 78 valence electrons. The van der Waals surface area contributed by atoms with Crippen LogP contribution in [-0.4, -0.2) is 19.9 Å². The van der Waals surface area contributed by atoms with E-state index in [4.69, 9.17) is 0 Å². The maximum absolute atomic E-state index is 11.2. The standard InChI is InChI=1S/C10H11N3O2/c14-8-4-9(15)12-10-7(8)5-11-13(10)6-2-1-3-6/h4-6H,1-3H2,(H2,12,14,15). The minimum Gasteiger partial charge on any atom is -0.507 e. The molecule has 3 rings (SSSR count). The number of fused-ring (bicyclic) bond motifs is 1. The highest BCUT2D eigenvalue weighted by Gasteiger charge is 2.22. The average molecular weight is 205 g/mol. The minimum atomic E-state index is -0.291. The molecule has 5 nitrogen and oxygen atoms in total. The van der Waals surface area contributed by atoms with Gasteiger partial charge in [0, 0.05) is 6.07 Å². The normalized spacial score (nSPS) is 16.8. The van der Waals surface area contributed by atoms with Crippen molar-refractivity contribution in [1.82, 2.24) is 14.8 Å². The second-order valence-electron chi connectivity index (χ2n) is 3.95. The summed E-state index contributed by atoms with van der Waals surface area (Å²) in [5.41, 5.74) is 0.339. The number of nitrogens with one attached hydrogen (secondary N) is 1. The molecule has 0 unspecified atom stereocenters. The van der Waals surface area contributed by atoms with Gasteiger partial charge in [0.1, 0.15) is 11.4 Å². The van der Waals surface area contributed by atoms with E-state index in [0.717, 1.165) is 12.8 Å². The lowest BCUT2D eigenvalue weighted by Gasteiger charge is -2.25. The quantitative estimate of drug-likeness (QED) is 0.733. The van der Waals surface area contributed by atoms with Gasteiger partial charge < -0.3 is 10.1 Å². The first kappa shape index (κ1) is 8.52. The Morgan fingerprint density at radius 3 is 3.00 bits per heavy atom. The summed E-state index contributed by atoms with van der Waals surface area (Å²) in [6.07, 6.45) is 4.98. The monoisotopic (exact) mass is 205 g/mol. The van der Waals surface area contributed by atoms with Gasteiger partial charge in [-0.3, -0.25) is 4.79 Å². The third-order valence-corrected chi connectivity index (χ3v) is 3.00. The van der Waals surface area contributed by atoms with Crippen LogP contribution < -0.4 is 5.56 Å². The highest BCUT2D eigenvalue weighted by Crippen LogP contribution is 2.33. The van der Waals surface area contributed by atoms with Gasteiger partial charge in [-0.15, -0.1) is 0 Å². The molecule has 1 aliphatic rings. The highest BCUT2D eigenvalue weighted by molar-refractivity contribution is 5.81. The Bertz CT molecular complexity index is 566. The molecule has 0 spiro atoms. The number of pyridine rings is 1. The van der Waals surface area contributed by atoms with E-state index in [-0.39, 0.29) is 11.3 Å². The molecule has 2 aromatic rings. The summed E-state index contributed by atoms with van der Waals surface area (Å²) in [4.78, 5) is 13.9. The molecule has 1 saturated carbocycles. The molecule has 2 N–H and O–H groups in total. The van der Waals surface area contributed by atoms with Gasteiger partial charge in [-0.05, 0) is 19.3 Å². The van der Waals surface area contributed by atoms with Gasteiger partial charge in [-0.1, -0.05) is 0 Å². The van der Waals surface area contributed by atoms with Crippen molar-refractivity contribution in [3.05, 3.63) is 22.6 Å². The topological polar surface area (TPSA) is 70.9 Å².